The van der Waals surface area contributed by atoms with Crippen molar-refractivity contribution in [2.24, 2.45) is 5.92 Å². The Hall–Kier alpha value is -0.800. The van der Waals surface area contributed by atoms with Gasteiger partial charge in [-0.3, -0.25) is 10.1 Å². The summed E-state index contributed by atoms with van der Waals surface area (Å²) in [4.78, 5) is 10.2. The first-order valence-corrected chi connectivity index (χ1v) is 7.46. The fourth-order valence-corrected chi connectivity index (χ4v) is 3.33. The molecule has 0 amide bonds. The van der Waals surface area contributed by atoms with Crippen molar-refractivity contribution in [1.29, 1.82) is 0 Å². The van der Waals surface area contributed by atoms with Crippen molar-refractivity contribution in [1.82, 2.24) is 0 Å². The topological polar surface area (TPSA) is 43.1 Å². The molecular formula is C14H17Cl2NO2. The molecule has 1 aromatic rings. The van der Waals surface area contributed by atoms with Gasteiger partial charge in [-0.2, -0.15) is 0 Å². The van der Waals surface area contributed by atoms with Crippen LogP contribution in [0, 0.1) is 16.0 Å². The third-order valence-electron chi connectivity index (χ3n) is 3.85. The highest BCUT2D eigenvalue weighted by Gasteiger charge is 2.23. The number of non-ortho nitro benzene ring substituents is 1. The lowest BCUT2D eigenvalue weighted by atomic mass is 9.97. The van der Waals surface area contributed by atoms with Gasteiger partial charge in [-0.05, 0) is 37.2 Å². The zero-order valence-electron chi connectivity index (χ0n) is 10.6. The van der Waals surface area contributed by atoms with Gasteiger partial charge in [0, 0.05) is 17.5 Å². The minimum atomic E-state index is -0.432. The molecule has 5 heteroatoms. The van der Waals surface area contributed by atoms with Crippen molar-refractivity contribution in [2.75, 3.05) is 0 Å². The third-order valence-corrected chi connectivity index (χ3v) is 4.77. The summed E-state index contributed by atoms with van der Waals surface area (Å²) in [6.07, 6.45) is 6.67. The number of rotatable bonds is 5. The molecule has 0 N–H and O–H groups in total. The van der Waals surface area contributed by atoms with Gasteiger partial charge in [0.15, 0.2) is 0 Å². The van der Waals surface area contributed by atoms with Crippen LogP contribution in [0.2, 0.25) is 5.02 Å². The zero-order chi connectivity index (χ0) is 13.8. The highest BCUT2D eigenvalue weighted by molar-refractivity contribution is 6.31. The predicted molar refractivity (Wildman–Crippen MR) is 78.0 cm³/mol. The van der Waals surface area contributed by atoms with Crippen molar-refractivity contribution in [3.8, 4) is 0 Å². The average Bonchev–Trinajstić information content (AvgIpc) is 2.90. The van der Waals surface area contributed by atoms with Gasteiger partial charge in [0.25, 0.3) is 5.69 Å². The van der Waals surface area contributed by atoms with E-state index in [1.165, 1.54) is 37.8 Å². The Labute approximate surface area is 123 Å². The Balaban J connectivity index is 1.93. The summed E-state index contributed by atoms with van der Waals surface area (Å²) in [5.74, 6) is 0.624. The Morgan fingerprint density at radius 1 is 1.37 bits per heavy atom. The summed E-state index contributed by atoms with van der Waals surface area (Å²) in [6.45, 7) is 0. The Bertz CT molecular complexity index is 459. The second-order valence-electron chi connectivity index (χ2n) is 5.13. The van der Waals surface area contributed by atoms with Gasteiger partial charge in [-0.1, -0.05) is 30.5 Å². The minimum Gasteiger partial charge on any atom is -0.258 e. The summed E-state index contributed by atoms with van der Waals surface area (Å²) >= 11 is 12.5. The van der Waals surface area contributed by atoms with Crippen molar-refractivity contribution in [2.45, 2.75) is 43.9 Å². The van der Waals surface area contributed by atoms with Gasteiger partial charge in [-0.25, -0.2) is 0 Å². The number of nitro benzene ring substituents is 1. The van der Waals surface area contributed by atoms with Crippen LogP contribution in [0.4, 0.5) is 5.69 Å². The molecule has 0 radical (unpaired) electrons. The second kappa shape index (κ2) is 6.58. The molecule has 1 atom stereocenters. The Morgan fingerprint density at radius 2 is 2.05 bits per heavy atom. The van der Waals surface area contributed by atoms with E-state index in [0.29, 0.717) is 10.9 Å². The van der Waals surface area contributed by atoms with Crippen LogP contribution in [0.25, 0.3) is 0 Å². The fourth-order valence-electron chi connectivity index (χ4n) is 2.70. The molecule has 0 saturated heterocycles. The van der Waals surface area contributed by atoms with Gasteiger partial charge in [-0.15, -0.1) is 11.6 Å². The van der Waals surface area contributed by atoms with E-state index in [9.17, 15) is 10.1 Å². The first kappa shape index (κ1) is 14.6. The zero-order valence-corrected chi connectivity index (χ0v) is 12.2. The van der Waals surface area contributed by atoms with Crippen LogP contribution in [0.15, 0.2) is 18.2 Å². The molecule has 19 heavy (non-hydrogen) atoms. The maximum absolute atomic E-state index is 10.6. The van der Waals surface area contributed by atoms with Crippen LogP contribution in [-0.4, -0.2) is 10.3 Å². The van der Waals surface area contributed by atoms with Gasteiger partial charge in [0.05, 0.1) is 9.95 Å². The van der Waals surface area contributed by atoms with E-state index in [4.69, 9.17) is 23.2 Å². The maximum atomic E-state index is 10.6. The van der Waals surface area contributed by atoms with Crippen LogP contribution in [0.3, 0.4) is 0 Å². The van der Waals surface area contributed by atoms with Crippen LogP contribution >= 0.6 is 23.2 Å². The number of nitrogens with zero attached hydrogens (tertiary/aromatic N) is 1. The monoisotopic (exact) mass is 301 g/mol. The summed E-state index contributed by atoms with van der Waals surface area (Å²) in [5, 5.41) is 11.3. The SMILES string of the molecule is O=[N+]([O-])c1ccc(CCC(Cl)C2CCCC2)c(Cl)c1. The van der Waals surface area contributed by atoms with E-state index >= 15 is 0 Å². The number of nitro groups is 1. The van der Waals surface area contributed by atoms with E-state index in [1.807, 2.05) is 0 Å². The molecule has 1 aliphatic rings. The molecule has 0 heterocycles. The van der Waals surface area contributed by atoms with Crippen molar-refractivity contribution >= 4 is 28.9 Å². The third kappa shape index (κ3) is 3.83. The molecule has 1 fully saturated rings. The summed E-state index contributed by atoms with van der Waals surface area (Å²) in [7, 11) is 0. The molecule has 0 bridgehead atoms. The average molecular weight is 302 g/mol. The van der Waals surface area contributed by atoms with Crippen LogP contribution in [-0.2, 0) is 6.42 Å². The molecule has 104 valence electrons. The number of halogens is 2. The largest absolute Gasteiger partial charge is 0.270 e. The van der Waals surface area contributed by atoms with Crippen molar-refractivity contribution < 1.29 is 4.92 Å². The Morgan fingerprint density at radius 3 is 2.63 bits per heavy atom. The molecule has 0 aromatic heterocycles. The van der Waals surface area contributed by atoms with E-state index in [1.54, 1.807) is 6.07 Å². The summed E-state index contributed by atoms with van der Waals surface area (Å²) in [5.41, 5.74) is 0.975. The maximum Gasteiger partial charge on any atom is 0.270 e. The van der Waals surface area contributed by atoms with Crippen LogP contribution in [0.1, 0.15) is 37.7 Å². The highest BCUT2D eigenvalue weighted by Crippen LogP contribution is 2.33. The molecule has 2 rings (SSSR count). The molecule has 1 unspecified atom stereocenters. The highest BCUT2D eigenvalue weighted by atomic mass is 35.5. The van der Waals surface area contributed by atoms with Crippen LogP contribution < -0.4 is 0 Å². The normalized spacial score (nSPS) is 17.6. The fraction of sp³-hybridized carbons (Fsp3) is 0.571. The molecule has 1 saturated carbocycles. The van der Waals surface area contributed by atoms with Gasteiger partial charge >= 0.3 is 0 Å². The molecule has 0 spiro atoms. The molecule has 1 aliphatic carbocycles. The summed E-state index contributed by atoms with van der Waals surface area (Å²) < 4.78 is 0. The number of hydrogen-bond donors (Lipinski definition) is 0. The molecule has 3 nitrogen and oxygen atoms in total. The minimum absolute atomic E-state index is 0.0342. The van der Waals surface area contributed by atoms with Crippen LogP contribution in [0.5, 0.6) is 0 Å². The molecular weight excluding hydrogens is 285 g/mol. The number of hydrogen-bond acceptors (Lipinski definition) is 2. The lowest BCUT2D eigenvalue weighted by molar-refractivity contribution is -0.384. The standard InChI is InChI=1S/C14H17Cl2NO2/c15-13(10-3-1-2-4-10)8-6-11-5-7-12(17(18)19)9-14(11)16/h5,7,9-10,13H,1-4,6,8H2. The van der Waals surface area contributed by atoms with Gasteiger partial charge in [0.1, 0.15) is 0 Å². The van der Waals surface area contributed by atoms with E-state index < -0.39 is 4.92 Å². The number of alkyl halides is 1. The first-order chi connectivity index (χ1) is 9.08. The number of benzene rings is 1. The van der Waals surface area contributed by atoms with Crippen molar-refractivity contribution in [3.05, 3.63) is 38.9 Å². The van der Waals surface area contributed by atoms with E-state index in [2.05, 4.69) is 0 Å². The smallest absolute Gasteiger partial charge is 0.258 e. The predicted octanol–water partition coefficient (Wildman–Crippen LogP) is 4.98. The lowest BCUT2D eigenvalue weighted by Gasteiger charge is -2.16. The lowest BCUT2D eigenvalue weighted by Crippen LogP contribution is -2.12. The molecule has 1 aromatic carbocycles. The molecule has 0 aliphatic heterocycles. The second-order valence-corrected chi connectivity index (χ2v) is 6.10. The van der Waals surface area contributed by atoms with E-state index in [0.717, 1.165) is 18.4 Å². The summed E-state index contributed by atoms with van der Waals surface area (Å²) in [6, 6.07) is 4.65. The Kier molecular flexibility index (Phi) is 5.06. The quantitative estimate of drug-likeness (QED) is 0.437. The first-order valence-electron chi connectivity index (χ1n) is 6.65. The van der Waals surface area contributed by atoms with Gasteiger partial charge in [0.2, 0.25) is 0 Å². The van der Waals surface area contributed by atoms with E-state index in [-0.39, 0.29) is 11.1 Å². The van der Waals surface area contributed by atoms with Gasteiger partial charge < -0.3 is 0 Å². The number of aryl methyl sites for hydroxylation is 1. The van der Waals surface area contributed by atoms with Crippen molar-refractivity contribution in [3.63, 3.8) is 0 Å².